The minimum absolute atomic E-state index is 0.0182. The highest BCUT2D eigenvalue weighted by Crippen LogP contribution is 2.42. The SMILES string of the molecule is COCCN1C(C)(C)CC(Oc2ncc(C3CCC(O)CC3)c3nc(N[C@@H](C)COC)ncc23)CC1(C)C. The number of aliphatic hydroxyl groups excluding tert-OH is 1. The molecule has 9 heteroatoms. The number of nitrogens with zero attached hydrogens (tertiary/aromatic N) is 4. The molecule has 4 rings (SSSR count). The number of hydrogen-bond donors (Lipinski definition) is 2. The highest BCUT2D eigenvalue weighted by atomic mass is 16.5. The summed E-state index contributed by atoms with van der Waals surface area (Å²) < 4.78 is 17.4. The van der Waals surface area contributed by atoms with Crippen LogP contribution in [-0.4, -0.2) is 88.3 Å². The van der Waals surface area contributed by atoms with Gasteiger partial charge in [-0.2, -0.15) is 0 Å². The number of piperidine rings is 1. The van der Waals surface area contributed by atoms with Gasteiger partial charge in [-0.1, -0.05) is 0 Å². The molecule has 2 aromatic rings. The van der Waals surface area contributed by atoms with Gasteiger partial charge in [0.15, 0.2) is 0 Å². The highest BCUT2D eigenvalue weighted by molar-refractivity contribution is 5.86. The van der Waals surface area contributed by atoms with Crippen LogP contribution in [0.3, 0.4) is 0 Å². The minimum atomic E-state index is -0.212. The van der Waals surface area contributed by atoms with E-state index in [2.05, 4.69) is 42.9 Å². The Hall–Kier alpha value is -2.07. The average molecular weight is 530 g/mol. The molecule has 0 amide bonds. The molecule has 2 N–H and O–H groups in total. The van der Waals surface area contributed by atoms with E-state index in [1.807, 2.05) is 19.3 Å². The van der Waals surface area contributed by atoms with Crippen molar-refractivity contribution in [1.29, 1.82) is 0 Å². The number of rotatable bonds is 10. The first kappa shape index (κ1) is 28.9. The lowest BCUT2D eigenvalue weighted by Crippen LogP contribution is -2.63. The van der Waals surface area contributed by atoms with E-state index in [9.17, 15) is 5.11 Å². The van der Waals surface area contributed by atoms with Crippen LogP contribution in [0.1, 0.15) is 84.6 Å². The van der Waals surface area contributed by atoms with E-state index < -0.39 is 0 Å². The molecule has 2 fully saturated rings. The Kier molecular flexibility index (Phi) is 9.12. The van der Waals surface area contributed by atoms with Gasteiger partial charge in [-0.05, 0) is 66.2 Å². The lowest BCUT2D eigenvalue weighted by molar-refractivity contribution is -0.0815. The maximum atomic E-state index is 10.1. The molecule has 1 aliphatic heterocycles. The molecule has 0 bridgehead atoms. The number of aromatic nitrogens is 3. The number of aliphatic hydroxyl groups is 1. The minimum Gasteiger partial charge on any atom is -0.474 e. The van der Waals surface area contributed by atoms with Crippen molar-refractivity contribution in [3.63, 3.8) is 0 Å². The number of pyridine rings is 1. The normalized spacial score (nSPS) is 24.8. The van der Waals surface area contributed by atoms with E-state index >= 15 is 0 Å². The van der Waals surface area contributed by atoms with Gasteiger partial charge in [-0.3, -0.25) is 4.90 Å². The summed E-state index contributed by atoms with van der Waals surface area (Å²) in [5.74, 6) is 1.48. The number of hydrogen-bond acceptors (Lipinski definition) is 9. The number of fused-ring (bicyclic) bond motifs is 1. The van der Waals surface area contributed by atoms with Gasteiger partial charge >= 0.3 is 0 Å². The summed E-state index contributed by atoms with van der Waals surface area (Å²) in [6.07, 6.45) is 8.83. The zero-order chi connectivity index (χ0) is 27.5. The van der Waals surface area contributed by atoms with Crippen molar-refractivity contribution in [1.82, 2.24) is 19.9 Å². The zero-order valence-electron chi connectivity index (χ0n) is 24.3. The van der Waals surface area contributed by atoms with E-state index in [-0.39, 0.29) is 29.3 Å². The first-order valence-electron chi connectivity index (χ1n) is 14.1. The largest absolute Gasteiger partial charge is 0.474 e. The molecule has 3 heterocycles. The topological polar surface area (TPSA) is 102 Å². The Morgan fingerprint density at radius 3 is 2.34 bits per heavy atom. The molecule has 0 spiro atoms. The summed E-state index contributed by atoms with van der Waals surface area (Å²) in [7, 11) is 3.45. The molecule has 0 radical (unpaired) electrons. The highest BCUT2D eigenvalue weighted by Gasteiger charge is 2.46. The molecule has 1 saturated heterocycles. The molecule has 9 nitrogen and oxygen atoms in total. The molecule has 2 aromatic heterocycles. The Balaban J connectivity index is 1.65. The van der Waals surface area contributed by atoms with Gasteiger partial charge in [-0.25, -0.2) is 15.0 Å². The molecule has 38 heavy (non-hydrogen) atoms. The Labute approximate surface area is 227 Å². The van der Waals surface area contributed by atoms with Crippen LogP contribution in [0.2, 0.25) is 0 Å². The van der Waals surface area contributed by atoms with Gasteiger partial charge in [0.05, 0.1) is 30.2 Å². The second kappa shape index (κ2) is 12.0. The second-order valence-electron chi connectivity index (χ2n) is 12.4. The van der Waals surface area contributed by atoms with Crippen molar-refractivity contribution in [3.8, 4) is 5.88 Å². The predicted octanol–water partition coefficient (Wildman–Crippen LogP) is 4.54. The smallest absolute Gasteiger partial charge is 0.224 e. The Morgan fingerprint density at radius 2 is 1.71 bits per heavy atom. The third-order valence-corrected chi connectivity index (χ3v) is 8.26. The van der Waals surface area contributed by atoms with Crippen LogP contribution >= 0.6 is 0 Å². The van der Waals surface area contributed by atoms with E-state index in [4.69, 9.17) is 24.2 Å². The van der Waals surface area contributed by atoms with Gasteiger partial charge < -0.3 is 24.6 Å². The van der Waals surface area contributed by atoms with E-state index in [1.54, 1.807) is 14.2 Å². The van der Waals surface area contributed by atoms with E-state index in [0.29, 0.717) is 31.0 Å². The Bertz CT molecular complexity index is 1050. The van der Waals surface area contributed by atoms with E-state index in [0.717, 1.165) is 61.5 Å². The van der Waals surface area contributed by atoms with Crippen LogP contribution < -0.4 is 10.1 Å². The molecule has 1 aliphatic carbocycles. The quantitative estimate of drug-likeness (QED) is 0.459. The second-order valence-corrected chi connectivity index (χ2v) is 12.4. The molecule has 212 valence electrons. The third kappa shape index (κ3) is 6.55. The van der Waals surface area contributed by atoms with Gasteiger partial charge in [-0.15, -0.1) is 0 Å². The predicted molar refractivity (Wildman–Crippen MR) is 150 cm³/mol. The fourth-order valence-electron chi connectivity index (χ4n) is 6.63. The number of likely N-dealkylation sites (tertiary alicyclic amines) is 1. The molecule has 2 aliphatic rings. The molecular weight excluding hydrogens is 482 g/mol. The first-order valence-corrected chi connectivity index (χ1v) is 14.1. The Morgan fingerprint density at radius 1 is 1.03 bits per heavy atom. The fraction of sp³-hybridized carbons (Fsp3) is 0.759. The summed E-state index contributed by atoms with van der Waals surface area (Å²) in [4.78, 5) is 17.0. The third-order valence-electron chi connectivity index (χ3n) is 8.26. The van der Waals surface area contributed by atoms with Crippen molar-refractivity contribution in [2.45, 2.75) is 108 Å². The number of anilines is 1. The van der Waals surface area contributed by atoms with Gasteiger partial charge in [0.25, 0.3) is 0 Å². The maximum Gasteiger partial charge on any atom is 0.224 e. The maximum absolute atomic E-state index is 10.1. The van der Waals surface area contributed by atoms with Crippen LogP contribution in [0, 0.1) is 0 Å². The zero-order valence-corrected chi connectivity index (χ0v) is 24.3. The number of methoxy groups -OCH3 is 2. The number of nitrogens with one attached hydrogen (secondary N) is 1. The summed E-state index contributed by atoms with van der Waals surface area (Å²) in [6, 6.07) is 0.0797. The summed E-state index contributed by atoms with van der Waals surface area (Å²) in [5, 5.41) is 14.3. The van der Waals surface area contributed by atoms with Gasteiger partial charge in [0.2, 0.25) is 11.8 Å². The fourth-order valence-corrected chi connectivity index (χ4v) is 6.63. The monoisotopic (exact) mass is 529 g/mol. The van der Waals surface area contributed by atoms with Crippen molar-refractivity contribution >= 4 is 16.9 Å². The molecule has 1 atom stereocenters. The van der Waals surface area contributed by atoms with Crippen molar-refractivity contribution in [2.75, 3.05) is 39.3 Å². The van der Waals surface area contributed by atoms with Crippen LogP contribution in [-0.2, 0) is 9.47 Å². The molecule has 1 saturated carbocycles. The summed E-state index contributed by atoms with van der Waals surface area (Å²) in [5.41, 5.74) is 1.90. The molecular formula is C29H47N5O4. The molecule has 0 aromatic carbocycles. The van der Waals surface area contributed by atoms with Crippen LogP contribution in [0.25, 0.3) is 10.9 Å². The van der Waals surface area contributed by atoms with Crippen molar-refractivity contribution in [3.05, 3.63) is 18.0 Å². The van der Waals surface area contributed by atoms with Gasteiger partial charge in [0, 0.05) is 68.7 Å². The van der Waals surface area contributed by atoms with Crippen LogP contribution in [0.15, 0.2) is 12.4 Å². The van der Waals surface area contributed by atoms with E-state index in [1.165, 1.54) is 0 Å². The van der Waals surface area contributed by atoms with Crippen molar-refractivity contribution in [2.24, 2.45) is 0 Å². The molecule has 0 unspecified atom stereocenters. The average Bonchev–Trinajstić information content (AvgIpc) is 2.83. The lowest BCUT2D eigenvalue weighted by Gasteiger charge is -2.55. The van der Waals surface area contributed by atoms with Crippen LogP contribution in [0.4, 0.5) is 5.95 Å². The first-order chi connectivity index (χ1) is 18.0. The van der Waals surface area contributed by atoms with Crippen molar-refractivity contribution < 1.29 is 19.3 Å². The summed E-state index contributed by atoms with van der Waals surface area (Å²) >= 11 is 0. The lowest BCUT2D eigenvalue weighted by atomic mass is 9.78. The summed E-state index contributed by atoms with van der Waals surface area (Å²) in [6.45, 7) is 13.4. The standard InChI is InChI=1S/C29H47N5O4/c1-19(18-37-7)32-27-31-17-24-25(33-27)23(20-8-10-21(35)11-9-20)16-30-26(24)38-22-14-28(2,3)34(12-13-36-6)29(4,5)15-22/h16-17,19-22,35H,8-15,18H2,1-7H3,(H,31,32,33)/t19-,20?,21?/m0/s1. The van der Waals surface area contributed by atoms with Crippen LogP contribution in [0.5, 0.6) is 5.88 Å². The van der Waals surface area contributed by atoms with Gasteiger partial charge in [0.1, 0.15) is 6.10 Å². The number of ether oxygens (including phenoxy) is 3.